The van der Waals surface area contributed by atoms with Gasteiger partial charge in [0.1, 0.15) is 5.75 Å². The second-order valence-corrected chi connectivity index (χ2v) is 4.80. The van der Waals surface area contributed by atoms with Crippen LogP contribution in [0.5, 0.6) is 5.75 Å². The molecule has 0 aliphatic carbocycles. The van der Waals surface area contributed by atoms with Crippen LogP contribution in [0.2, 0.25) is 5.02 Å². The molecule has 0 spiro atoms. The summed E-state index contributed by atoms with van der Waals surface area (Å²) in [5.74, 6) is 0.821. The Morgan fingerprint density at radius 2 is 2.00 bits per heavy atom. The third-order valence-corrected chi connectivity index (χ3v) is 3.54. The predicted octanol–water partition coefficient (Wildman–Crippen LogP) is 4.16. The van der Waals surface area contributed by atoms with Crippen LogP contribution < -0.4 is 4.74 Å². The minimum Gasteiger partial charge on any atom is -0.497 e. The summed E-state index contributed by atoms with van der Waals surface area (Å²) >= 11 is 6.26. The summed E-state index contributed by atoms with van der Waals surface area (Å²) in [6.07, 6.45) is 1.96. The van der Waals surface area contributed by atoms with Crippen LogP contribution in [-0.4, -0.2) is 11.7 Å². The van der Waals surface area contributed by atoms with E-state index in [1.54, 1.807) is 19.2 Å². The lowest BCUT2D eigenvalue weighted by molar-refractivity contribution is 0.415. The SMILES string of the molecule is COc1ccc2c(ccn2-c2ccc(C#N)cc2Cl)c1. The van der Waals surface area contributed by atoms with Gasteiger partial charge in [-0.05, 0) is 42.5 Å². The number of benzene rings is 2. The minimum atomic E-state index is 0.553. The second-order valence-electron chi connectivity index (χ2n) is 4.39. The zero-order valence-electron chi connectivity index (χ0n) is 10.8. The van der Waals surface area contributed by atoms with E-state index in [0.717, 1.165) is 22.3 Å². The Morgan fingerprint density at radius 3 is 2.70 bits per heavy atom. The van der Waals surface area contributed by atoms with Crippen molar-refractivity contribution < 1.29 is 4.74 Å². The highest BCUT2D eigenvalue weighted by atomic mass is 35.5. The molecule has 3 rings (SSSR count). The van der Waals surface area contributed by atoms with Gasteiger partial charge in [-0.1, -0.05) is 11.6 Å². The van der Waals surface area contributed by atoms with Crippen LogP contribution in [-0.2, 0) is 0 Å². The molecule has 0 amide bonds. The monoisotopic (exact) mass is 282 g/mol. The molecule has 0 unspecified atom stereocenters. The van der Waals surface area contributed by atoms with E-state index in [1.807, 2.05) is 41.1 Å². The quantitative estimate of drug-likeness (QED) is 0.708. The lowest BCUT2D eigenvalue weighted by atomic mass is 10.2. The maximum atomic E-state index is 8.88. The third-order valence-electron chi connectivity index (χ3n) is 3.23. The highest BCUT2D eigenvalue weighted by molar-refractivity contribution is 6.32. The molecule has 0 saturated carbocycles. The van der Waals surface area contributed by atoms with Crippen LogP contribution in [0, 0.1) is 11.3 Å². The Morgan fingerprint density at radius 1 is 1.15 bits per heavy atom. The molecule has 0 radical (unpaired) electrons. The largest absolute Gasteiger partial charge is 0.497 e. The fraction of sp³-hybridized carbons (Fsp3) is 0.0625. The first-order chi connectivity index (χ1) is 9.72. The van der Waals surface area contributed by atoms with E-state index in [4.69, 9.17) is 21.6 Å². The maximum absolute atomic E-state index is 8.88. The van der Waals surface area contributed by atoms with Crippen molar-refractivity contribution in [2.24, 2.45) is 0 Å². The molecular formula is C16H11ClN2O. The number of hydrogen-bond donors (Lipinski definition) is 0. The van der Waals surface area contributed by atoms with E-state index in [-0.39, 0.29) is 0 Å². The minimum absolute atomic E-state index is 0.553. The van der Waals surface area contributed by atoms with Gasteiger partial charge in [0.15, 0.2) is 0 Å². The Labute approximate surface area is 121 Å². The van der Waals surface area contributed by atoms with Crippen molar-refractivity contribution in [3.05, 3.63) is 59.2 Å². The number of nitriles is 1. The van der Waals surface area contributed by atoms with Crippen LogP contribution in [0.1, 0.15) is 5.56 Å². The summed E-state index contributed by atoms with van der Waals surface area (Å²) in [5, 5.41) is 10.5. The molecule has 0 aliphatic heterocycles. The fourth-order valence-electron chi connectivity index (χ4n) is 2.23. The average Bonchev–Trinajstić information content (AvgIpc) is 2.89. The van der Waals surface area contributed by atoms with Crippen molar-refractivity contribution in [3.63, 3.8) is 0 Å². The van der Waals surface area contributed by atoms with Crippen LogP contribution in [0.3, 0.4) is 0 Å². The fourth-order valence-corrected chi connectivity index (χ4v) is 2.50. The Bertz CT molecular complexity index is 830. The highest BCUT2D eigenvalue weighted by Crippen LogP contribution is 2.28. The second kappa shape index (κ2) is 4.92. The Hall–Kier alpha value is -2.44. The van der Waals surface area contributed by atoms with Gasteiger partial charge >= 0.3 is 0 Å². The van der Waals surface area contributed by atoms with Gasteiger partial charge in [0, 0.05) is 11.6 Å². The molecule has 98 valence electrons. The molecule has 0 N–H and O–H groups in total. The molecule has 0 fully saturated rings. The standard InChI is InChI=1S/C16H11ClN2O/c1-20-13-3-5-15-12(9-13)6-7-19(15)16-4-2-11(10-18)8-14(16)17/h2-9H,1H3. The van der Waals surface area contributed by atoms with E-state index < -0.39 is 0 Å². The van der Waals surface area contributed by atoms with E-state index in [0.29, 0.717) is 10.6 Å². The molecule has 0 aliphatic rings. The molecular weight excluding hydrogens is 272 g/mol. The van der Waals surface area contributed by atoms with Gasteiger partial charge in [-0.2, -0.15) is 5.26 Å². The number of methoxy groups -OCH3 is 1. The molecule has 4 heteroatoms. The molecule has 3 aromatic rings. The lowest BCUT2D eigenvalue weighted by Gasteiger charge is -2.08. The Kier molecular flexibility index (Phi) is 3.09. The number of hydrogen-bond acceptors (Lipinski definition) is 2. The van der Waals surface area contributed by atoms with Crippen LogP contribution >= 0.6 is 11.6 Å². The van der Waals surface area contributed by atoms with E-state index >= 15 is 0 Å². The van der Waals surface area contributed by atoms with Gasteiger partial charge in [-0.25, -0.2) is 0 Å². The normalized spacial score (nSPS) is 10.4. The van der Waals surface area contributed by atoms with Gasteiger partial charge in [-0.15, -0.1) is 0 Å². The molecule has 1 heterocycles. The molecule has 0 saturated heterocycles. The molecule has 1 aromatic heterocycles. The van der Waals surface area contributed by atoms with Gasteiger partial charge in [0.2, 0.25) is 0 Å². The van der Waals surface area contributed by atoms with Gasteiger partial charge in [0.05, 0.1) is 35.0 Å². The summed E-state index contributed by atoms with van der Waals surface area (Å²) in [4.78, 5) is 0. The third kappa shape index (κ3) is 2.01. The molecule has 0 atom stereocenters. The number of fused-ring (bicyclic) bond motifs is 1. The smallest absolute Gasteiger partial charge is 0.119 e. The average molecular weight is 283 g/mol. The maximum Gasteiger partial charge on any atom is 0.119 e. The van der Waals surface area contributed by atoms with Crippen LogP contribution in [0.25, 0.3) is 16.6 Å². The first-order valence-electron chi connectivity index (χ1n) is 6.08. The van der Waals surface area contributed by atoms with Gasteiger partial charge in [0.25, 0.3) is 0 Å². The first kappa shape index (κ1) is 12.6. The van der Waals surface area contributed by atoms with Gasteiger partial charge in [-0.3, -0.25) is 0 Å². The number of halogens is 1. The van der Waals surface area contributed by atoms with Crippen molar-refractivity contribution in [3.8, 4) is 17.5 Å². The van der Waals surface area contributed by atoms with E-state index in [9.17, 15) is 0 Å². The predicted molar refractivity (Wildman–Crippen MR) is 79.6 cm³/mol. The summed E-state index contributed by atoms with van der Waals surface area (Å²) < 4.78 is 7.22. The summed E-state index contributed by atoms with van der Waals surface area (Å²) in [6, 6.07) is 15.3. The van der Waals surface area contributed by atoms with Crippen molar-refractivity contribution >= 4 is 22.5 Å². The first-order valence-corrected chi connectivity index (χ1v) is 6.46. The summed E-state index contributed by atoms with van der Waals surface area (Å²) in [6.45, 7) is 0. The van der Waals surface area contributed by atoms with Crippen molar-refractivity contribution in [2.75, 3.05) is 7.11 Å². The van der Waals surface area contributed by atoms with Gasteiger partial charge < -0.3 is 9.30 Å². The summed E-state index contributed by atoms with van der Waals surface area (Å²) in [7, 11) is 1.65. The molecule has 0 bridgehead atoms. The Balaban J connectivity index is 2.18. The van der Waals surface area contributed by atoms with Crippen molar-refractivity contribution in [2.45, 2.75) is 0 Å². The lowest BCUT2D eigenvalue weighted by Crippen LogP contribution is -1.93. The van der Waals surface area contributed by atoms with Crippen LogP contribution in [0.15, 0.2) is 48.7 Å². The highest BCUT2D eigenvalue weighted by Gasteiger charge is 2.08. The zero-order valence-corrected chi connectivity index (χ0v) is 11.6. The zero-order chi connectivity index (χ0) is 14.1. The molecule has 3 nitrogen and oxygen atoms in total. The van der Waals surface area contributed by atoms with Crippen molar-refractivity contribution in [1.29, 1.82) is 5.26 Å². The van der Waals surface area contributed by atoms with E-state index in [2.05, 4.69) is 6.07 Å². The van der Waals surface area contributed by atoms with Crippen LogP contribution in [0.4, 0.5) is 0 Å². The molecule has 2 aromatic carbocycles. The topological polar surface area (TPSA) is 38.0 Å². The number of ether oxygens (including phenoxy) is 1. The van der Waals surface area contributed by atoms with E-state index in [1.165, 1.54) is 0 Å². The number of aromatic nitrogens is 1. The molecule has 20 heavy (non-hydrogen) atoms. The summed E-state index contributed by atoms with van der Waals surface area (Å²) in [5.41, 5.74) is 2.44. The van der Waals surface area contributed by atoms with Crippen molar-refractivity contribution in [1.82, 2.24) is 4.57 Å². The number of rotatable bonds is 2. The number of nitrogens with zero attached hydrogens (tertiary/aromatic N) is 2.